The zero-order valence-electron chi connectivity index (χ0n) is 14.8. The van der Waals surface area contributed by atoms with Crippen LogP contribution in [0.25, 0.3) is 10.6 Å². The number of benzene rings is 2. The van der Waals surface area contributed by atoms with Crippen LogP contribution in [0, 0.1) is 6.92 Å². The van der Waals surface area contributed by atoms with E-state index in [1.54, 1.807) is 23.9 Å². The summed E-state index contributed by atoms with van der Waals surface area (Å²) >= 11 is 3.07. The number of alkyl halides is 3. The van der Waals surface area contributed by atoms with Gasteiger partial charge in [0.2, 0.25) is 0 Å². The van der Waals surface area contributed by atoms with Crippen molar-refractivity contribution in [1.29, 1.82) is 0 Å². The highest BCUT2D eigenvalue weighted by molar-refractivity contribution is 7.98. The molecule has 2 aromatic carbocycles. The molecule has 0 aliphatic carbocycles. The van der Waals surface area contributed by atoms with Gasteiger partial charge in [-0.3, -0.25) is 4.79 Å². The van der Waals surface area contributed by atoms with E-state index in [0.29, 0.717) is 16.3 Å². The van der Waals surface area contributed by atoms with Crippen LogP contribution in [0.1, 0.15) is 21.7 Å². The van der Waals surface area contributed by atoms with Crippen molar-refractivity contribution >= 4 is 29.1 Å². The van der Waals surface area contributed by atoms with E-state index in [1.807, 2.05) is 19.1 Å². The second kappa shape index (κ2) is 8.36. The second-order valence-corrected chi connectivity index (χ2v) is 8.24. The molecule has 8 heteroatoms. The van der Waals surface area contributed by atoms with Crippen LogP contribution in [-0.2, 0) is 23.1 Å². The summed E-state index contributed by atoms with van der Waals surface area (Å²) in [5.41, 5.74) is 1.59. The van der Waals surface area contributed by atoms with E-state index in [4.69, 9.17) is 5.11 Å². The van der Waals surface area contributed by atoms with E-state index < -0.39 is 17.7 Å². The summed E-state index contributed by atoms with van der Waals surface area (Å²) in [6, 6.07) is 12.4. The molecule has 0 saturated heterocycles. The lowest BCUT2D eigenvalue weighted by molar-refractivity contribution is -0.138. The van der Waals surface area contributed by atoms with Gasteiger partial charge in [-0.25, -0.2) is 4.98 Å². The molecule has 0 amide bonds. The topological polar surface area (TPSA) is 50.2 Å². The lowest BCUT2D eigenvalue weighted by Crippen LogP contribution is -2.03. The zero-order valence-corrected chi connectivity index (χ0v) is 16.4. The van der Waals surface area contributed by atoms with Gasteiger partial charge in [-0.1, -0.05) is 24.3 Å². The Bertz CT molecular complexity index is 965. The van der Waals surface area contributed by atoms with Crippen LogP contribution in [0.5, 0.6) is 0 Å². The largest absolute Gasteiger partial charge is 0.481 e. The van der Waals surface area contributed by atoms with Crippen LogP contribution in [0.2, 0.25) is 0 Å². The van der Waals surface area contributed by atoms with Gasteiger partial charge in [0.05, 0.1) is 17.7 Å². The van der Waals surface area contributed by atoms with E-state index in [1.165, 1.54) is 23.5 Å². The van der Waals surface area contributed by atoms with Gasteiger partial charge in [-0.15, -0.1) is 23.1 Å². The van der Waals surface area contributed by atoms with Gasteiger partial charge < -0.3 is 5.11 Å². The quantitative estimate of drug-likeness (QED) is 0.490. The van der Waals surface area contributed by atoms with Crippen molar-refractivity contribution in [1.82, 2.24) is 4.98 Å². The zero-order chi connectivity index (χ0) is 20.3. The number of carboxylic acid groups (broad SMARTS) is 1. The standard InChI is InChI=1S/C20H16F3NO2S2/c1-12-17(11-27-16-8-2-13(3-9-16)10-18(25)26)28-19(24-12)14-4-6-15(7-5-14)20(21,22)23/h2-9H,10-11H2,1H3,(H,25,26). The minimum Gasteiger partial charge on any atom is -0.481 e. The van der Waals surface area contributed by atoms with Gasteiger partial charge in [0.1, 0.15) is 5.01 Å². The first kappa shape index (κ1) is 20.4. The average Bonchev–Trinajstić information content (AvgIpc) is 3.01. The number of aryl methyl sites for hydroxylation is 1. The van der Waals surface area contributed by atoms with E-state index in [9.17, 15) is 18.0 Å². The Kier molecular flexibility index (Phi) is 6.10. The molecular formula is C20H16F3NO2S2. The molecule has 3 aromatic rings. The second-order valence-electron chi connectivity index (χ2n) is 6.11. The van der Waals surface area contributed by atoms with E-state index in [-0.39, 0.29) is 6.42 Å². The molecule has 28 heavy (non-hydrogen) atoms. The summed E-state index contributed by atoms with van der Waals surface area (Å²) in [6.07, 6.45) is -4.35. The van der Waals surface area contributed by atoms with Gasteiger partial charge >= 0.3 is 12.1 Å². The highest BCUT2D eigenvalue weighted by atomic mass is 32.2. The minimum atomic E-state index is -4.35. The number of rotatable bonds is 6. The molecule has 146 valence electrons. The third-order valence-electron chi connectivity index (χ3n) is 4.00. The van der Waals surface area contributed by atoms with Crippen molar-refractivity contribution in [2.24, 2.45) is 0 Å². The van der Waals surface area contributed by atoms with Gasteiger partial charge in [0, 0.05) is 21.1 Å². The van der Waals surface area contributed by atoms with Gasteiger partial charge in [0.15, 0.2) is 0 Å². The van der Waals surface area contributed by atoms with Crippen LogP contribution in [-0.4, -0.2) is 16.1 Å². The molecule has 3 nitrogen and oxygen atoms in total. The molecule has 0 aliphatic rings. The fraction of sp³-hybridized carbons (Fsp3) is 0.200. The molecule has 1 aromatic heterocycles. The molecule has 0 atom stereocenters. The summed E-state index contributed by atoms with van der Waals surface area (Å²) in [7, 11) is 0. The van der Waals surface area contributed by atoms with E-state index in [0.717, 1.165) is 33.2 Å². The first-order valence-electron chi connectivity index (χ1n) is 8.30. The Morgan fingerprint density at radius 2 is 1.75 bits per heavy atom. The predicted molar refractivity (Wildman–Crippen MR) is 105 cm³/mol. The Hall–Kier alpha value is -2.32. The van der Waals surface area contributed by atoms with Crippen LogP contribution in [0.4, 0.5) is 13.2 Å². The fourth-order valence-corrected chi connectivity index (χ4v) is 4.63. The van der Waals surface area contributed by atoms with Gasteiger partial charge in [-0.05, 0) is 36.8 Å². The minimum absolute atomic E-state index is 0.00458. The maximum absolute atomic E-state index is 12.7. The number of hydrogen-bond acceptors (Lipinski definition) is 4. The first-order chi connectivity index (χ1) is 13.2. The normalized spacial score (nSPS) is 11.6. The van der Waals surface area contributed by atoms with Crippen molar-refractivity contribution < 1.29 is 23.1 Å². The summed E-state index contributed by atoms with van der Waals surface area (Å²) in [6.45, 7) is 1.88. The van der Waals surface area contributed by atoms with Crippen molar-refractivity contribution in [2.75, 3.05) is 0 Å². The molecule has 0 spiro atoms. The number of halogens is 3. The molecule has 1 N–H and O–H groups in total. The molecule has 0 fully saturated rings. The maximum Gasteiger partial charge on any atom is 0.416 e. The molecule has 0 bridgehead atoms. The number of carbonyl (C=O) groups is 1. The molecule has 1 heterocycles. The monoisotopic (exact) mass is 423 g/mol. The highest BCUT2D eigenvalue weighted by Gasteiger charge is 2.30. The van der Waals surface area contributed by atoms with Crippen molar-refractivity contribution in [3.05, 3.63) is 70.2 Å². The Labute approximate surface area is 168 Å². The van der Waals surface area contributed by atoms with Crippen molar-refractivity contribution in [3.8, 4) is 10.6 Å². The maximum atomic E-state index is 12.7. The highest BCUT2D eigenvalue weighted by Crippen LogP contribution is 2.35. The van der Waals surface area contributed by atoms with Crippen LogP contribution in [0.3, 0.4) is 0 Å². The number of thiazole rings is 1. The third-order valence-corrected chi connectivity index (χ3v) is 6.43. The number of nitrogens with zero attached hydrogens (tertiary/aromatic N) is 1. The molecule has 0 unspecified atom stereocenters. The van der Waals surface area contributed by atoms with Crippen molar-refractivity contribution in [2.45, 2.75) is 30.2 Å². The number of thioether (sulfide) groups is 1. The van der Waals surface area contributed by atoms with Crippen molar-refractivity contribution in [3.63, 3.8) is 0 Å². The molecule has 3 rings (SSSR count). The lowest BCUT2D eigenvalue weighted by Gasteiger charge is -2.06. The molecule has 0 radical (unpaired) electrons. The third kappa shape index (κ3) is 5.14. The Morgan fingerprint density at radius 1 is 1.11 bits per heavy atom. The lowest BCUT2D eigenvalue weighted by atomic mass is 10.1. The van der Waals surface area contributed by atoms with E-state index >= 15 is 0 Å². The van der Waals surface area contributed by atoms with E-state index in [2.05, 4.69) is 4.98 Å². The van der Waals surface area contributed by atoms with Crippen LogP contribution >= 0.6 is 23.1 Å². The van der Waals surface area contributed by atoms with Gasteiger partial charge in [0.25, 0.3) is 0 Å². The number of aliphatic carboxylic acids is 1. The molecule has 0 aliphatic heterocycles. The fourth-order valence-electron chi connectivity index (χ4n) is 2.51. The molecule has 0 saturated carbocycles. The molecular weight excluding hydrogens is 407 g/mol. The SMILES string of the molecule is Cc1nc(-c2ccc(C(F)(F)F)cc2)sc1CSc1ccc(CC(=O)O)cc1. The Morgan fingerprint density at radius 3 is 2.32 bits per heavy atom. The number of aromatic nitrogens is 1. The van der Waals surface area contributed by atoms with Gasteiger partial charge in [-0.2, -0.15) is 13.2 Å². The summed E-state index contributed by atoms with van der Waals surface area (Å²) in [5, 5.41) is 9.50. The summed E-state index contributed by atoms with van der Waals surface area (Å²) in [4.78, 5) is 17.3. The summed E-state index contributed by atoms with van der Waals surface area (Å²) in [5.74, 6) is -0.181. The van der Waals surface area contributed by atoms with Crippen LogP contribution < -0.4 is 0 Å². The number of carboxylic acids is 1. The average molecular weight is 423 g/mol. The predicted octanol–water partition coefficient (Wildman–Crippen LogP) is 6.06. The summed E-state index contributed by atoms with van der Waals surface area (Å²) < 4.78 is 38.1. The smallest absolute Gasteiger partial charge is 0.416 e. The number of hydrogen-bond donors (Lipinski definition) is 1. The van der Waals surface area contributed by atoms with Crippen LogP contribution in [0.15, 0.2) is 53.4 Å². The Balaban J connectivity index is 1.68. The first-order valence-corrected chi connectivity index (χ1v) is 10.1.